The maximum absolute atomic E-state index is 13.4. The lowest BCUT2D eigenvalue weighted by molar-refractivity contribution is -0.137. The lowest BCUT2D eigenvalue weighted by atomic mass is 9.99. The Labute approximate surface area is 214 Å². The predicted molar refractivity (Wildman–Crippen MR) is 135 cm³/mol. The number of benzene rings is 2. The van der Waals surface area contributed by atoms with E-state index in [1.807, 2.05) is 32.0 Å². The van der Waals surface area contributed by atoms with Crippen LogP contribution in [-0.4, -0.2) is 79.8 Å². The quantitative estimate of drug-likeness (QED) is 0.595. The molecule has 11 heteroatoms. The third-order valence-corrected chi connectivity index (χ3v) is 6.42. The van der Waals surface area contributed by atoms with E-state index in [1.54, 1.807) is 31.0 Å². The molecule has 2 aromatic carbocycles. The molecule has 0 saturated carbocycles. The van der Waals surface area contributed by atoms with Crippen molar-refractivity contribution in [2.24, 2.45) is 5.92 Å². The topological polar surface area (TPSA) is 85.4 Å². The Kier molecular flexibility index (Phi) is 8.57. The monoisotopic (exact) mass is 522 g/mol. The minimum absolute atomic E-state index is 0.143. The summed E-state index contributed by atoms with van der Waals surface area (Å²) >= 11 is 0. The van der Waals surface area contributed by atoms with Gasteiger partial charge < -0.3 is 29.9 Å². The first kappa shape index (κ1) is 28.1. The number of carbonyl (C=O) groups excluding carboxylic acids is 2. The third-order valence-electron chi connectivity index (χ3n) is 6.42. The Morgan fingerprint density at radius 3 is 2.41 bits per heavy atom. The van der Waals surface area contributed by atoms with Crippen LogP contribution < -0.4 is 15.0 Å². The molecule has 0 radical (unpaired) electrons. The van der Waals surface area contributed by atoms with E-state index in [0.29, 0.717) is 23.5 Å². The van der Waals surface area contributed by atoms with E-state index in [2.05, 4.69) is 5.32 Å². The number of fused-ring (bicyclic) bond motifs is 1. The molecule has 1 aliphatic heterocycles. The summed E-state index contributed by atoms with van der Waals surface area (Å²) in [6, 6.07) is 8.53. The van der Waals surface area contributed by atoms with Crippen molar-refractivity contribution in [3.63, 3.8) is 0 Å². The SMILES string of the molecule is C[C@@H]1CN([C@H](C)CO)C(=O)c2cccc(N(C)C)c2O[C@H]1CN(C)C(=O)Nc1ccc(C(F)(F)F)cc1. The molecule has 3 rings (SSSR count). The van der Waals surface area contributed by atoms with Crippen molar-refractivity contribution in [3.8, 4) is 5.75 Å². The normalized spacial score (nSPS) is 18.7. The zero-order valence-electron chi connectivity index (χ0n) is 21.5. The number of halogens is 3. The van der Waals surface area contributed by atoms with Crippen molar-refractivity contribution >= 4 is 23.3 Å². The number of nitrogens with zero attached hydrogens (tertiary/aromatic N) is 3. The number of rotatable bonds is 6. The molecule has 0 unspecified atom stereocenters. The minimum atomic E-state index is -4.46. The number of carbonyl (C=O) groups is 2. The largest absolute Gasteiger partial charge is 0.485 e. The molecule has 0 spiro atoms. The highest BCUT2D eigenvalue weighted by atomic mass is 19.4. The summed E-state index contributed by atoms with van der Waals surface area (Å²) in [5.74, 6) is -0.0812. The number of aliphatic hydroxyl groups excluding tert-OH is 1. The molecule has 0 bridgehead atoms. The molecule has 2 aromatic rings. The van der Waals surface area contributed by atoms with Gasteiger partial charge in [0.05, 0.1) is 36.0 Å². The lowest BCUT2D eigenvalue weighted by Crippen LogP contribution is -2.50. The molecular formula is C26H33F3N4O4. The summed E-state index contributed by atoms with van der Waals surface area (Å²) in [5, 5.41) is 12.4. The number of amides is 3. The standard InChI is InChI=1S/C26H33F3N4O4/c1-16-13-33(17(2)15-34)24(35)20-7-6-8-21(31(3)4)23(20)37-22(16)14-32(5)25(36)30-19-11-9-18(10-12-19)26(27,28)29/h6-12,16-17,22,34H,13-15H2,1-5H3,(H,30,36)/t16-,17-,22+/m1/s1. The molecule has 1 aliphatic rings. The molecule has 3 atom stereocenters. The van der Waals surface area contributed by atoms with Crippen LogP contribution in [0.5, 0.6) is 5.75 Å². The fourth-order valence-electron chi connectivity index (χ4n) is 4.11. The Balaban J connectivity index is 1.85. The number of likely N-dealkylation sites (N-methyl/N-ethyl adjacent to an activating group) is 1. The second kappa shape index (κ2) is 11.3. The first-order chi connectivity index (χ1) is 17.3. The number of ether oxygens (including phenoxy) is 1. The van der Waals surface area contributed by atoms with Crippen LogP contribution in [0.3, 0.4) is 0 Å². The van der Waals surface area contributed by atoms with Gasteiger partial charge in [0.25, 0.3) is 5.91 Å². The van der Waals surface area contributed by atoms with Gasteiger partial charge in [0.2, 0.25) is 0 Å². The van der Waals surface area contributed by atoms with Gasteiger partial charge in [-0.15, -0.1) is 0 Å². The summed E-state index contributed by atoms with van der Waals surface area (Å²) < 4.78 is 44.9. The highest BCUT2D eigenvalue weighted by Crippen LogP contribution is 2.36. The number of nitrogens with one attached hydrogen (secondary N) is 1. The fraction of sp³-hybridized carbons (Fsp3) is 0.462. The Morgan fingerprint density at radius 1 is 1.19 bits per heavy atom. The Bertz CT molecular complexity index is 1110. The van der Waals surface area contributed by atoms with E-state index >= 15 is 0 Å². The van der Waals surface area contributed by atoms with Gasteiger partial charge in [0.15, 0.2) is 5.75 Å². The first-order valence-electron chi connectivity index (χ1n) is 11.9. The van der Waals surface area contributed by atoms with E-state index in [-0.39, 0.29) is 30.7 Å². The second-order valence-electron chi connectivity index (χ2n) is 9.56. The van der Waals surface area contributed by atoms with Crippen LogP contribution in [0.25, 0.3) is 0 Å². The highest BCUT2D eigenvalue weighted by molar-refractivity contribution is 5.99. The summed E-state index contributed by atoms with van der Waals surface area (Å²) in [7, 11) is 5.23. The molecule has 0 fully saturated rings. The van der Waals surface area contributed by atoms with Gasteiger partial charge in [0, 0.05) is 39.3 Å². The smallest absolute Gasteiger partial charge is 0.416 e. The van der Waals surface area contributed by atoms with Crippen molar-refractivity contribution in [2.75, 3.05) is 51.1 Å². The third kappa shape index (κ3) is 6.46. The van der Waals surface area contributed by atoms with Crippen LogP contribution in [0, 0.1) is 5.92 Å². The van der Waals surface area contributed by atoms with Crippen LogP contribution in [0.4, 0.5) is 29.3 Å². The Hall–Kier alpha value is -3.47. The average Bonchev–Trinajstić information content (AvgIpc) is 2.84. The highest BCUT2D eigenvalue weighted by Gasteiger charge is 2.35. The maximum atomic E-state index is 13.4. The van der Waals surface area contributed by atoms with Crippen molar-refractivity contribution < 1.29 is 32.6 Å². The van der Waals surface area contributed by atoms with Crippen molar-refractivity contribution in [3.05, 3.63) is 53.6 Å². The number of hydrogen-bond donors (Lipinski definition) is 2. The summed E-state index contributed by atoms with van der Waals surface area (Å²) in [5.41, 5.74) is 0.478. The van der Waals surface area contributed by atoms with Crippen LogP contribution in [0.1, 0.15) is 29.8 Å². The molecule has 0 aromatic heterocycles. The zero-order chi connectivity index (χ0) is 27.5. The molecule has 3 amide bonds. The molecule has 1 heterocycles. The van der Waals surface area contributed by atoms with Gasteiger partial charge in [-0.05, 0) is 43.3 Å². The van der Waals surface area contributed by atoms with Crippen LogP contribution >= 0.6 is 0 Å². The van der Waals surface area contributed by atoms with E-state index in [1.165, 1.54) is 17.0 Å². The number of hydrogen-bond acceptors (Lipinski definition) is 5. The van der Waals surface area contributed by atoms with Gasteiger partial charge in [-0.2, -0.15) is 13.2 Å². The zero-order valence-corrected chi connectivity index (χ0v) is 21.5. The van der Waals surface area contributed by atoms with E-state index in [0.717, 1.165) is 12.1 Å². The van der Waals surface area contributed by atoms with E-state index in [9.17, 15) is 27.9 Å². The number of urea groups is 1. The number of alkyl halides is 3. The number of aliphatic hydroxyl groups is 1. The molecule has 8 nitrogen and oxygen atoms in total. The van der Waals surface area contributed by atoms with Gasteiger partial charge >= 0.3 is 12.2 Å². The number of para-hydroxylation sites is 1. The van der Waals surface area contributed by atoms with E-state index < -0.39 is 29.9 Å². The van der Waals surface area contributed by atoms with Gasteiger partial charge in [-0.25, -0.2) is 4.79 Å². The lowest BCUT2D eigenvalue weighted by Gasteiger charge is -2.39. The van der Waals surface area contributed by atoms with Crippen molar-refractivity contribution in [1.82, 2.24) is 9.80 Å². The maximum Gasteiger partial charge on any atom is 0.416 e. The van der Waals surface area contributed by atoms with Crippen LogP contribution in [0.15, 0.2) is 42.5 Å². The Morgan fingerprint density at radius 2 is 1.84 bits per heavy atom. The number of anilines is 2. The fourth-order valence-corrected chi connectivity index (χ4v) is 4.11. The van der Waals surface area contributed by atoms with Gasteiger partial charge in [0.1, 0.15) is 6.10 Å². The summed E-state index contributed by atoms with van der Waals surface area (Å²) in [6.07, 6.45) is -4.99. The molecule has 202 valence electrons. The summed E-state index contributed by atoms with van der Waals surface area (Å²) in [4.78, 5) is 31.1. The molecule has 2 N–H and O–H groups in total. The molecular weight excluding hydrogens is 489 g/mol. The van der Waals surface area contributed by atoms with Gasteiger partial charge in [-0.3, -0.25) is 4.79 Å². The van der Waals surface area contributed by atoms with Crippen LogP contribution in [0.2, 0.25) is 0 Å². The molecule has 0 saturated heterocycles. The average molecular weight is 523 g/mol. The molecule has 37 heavy (non-hydrogen) atoms. The summed E-state index contributed by atoms with van der Waals surface area (Å²) in [6.45, 7) is 3.90. The van der Waals surface area contributed by atoms with Crippen molar-refractivity contribution in [1.29, 1.82) is 0 Å². The van der Waals surface area contributed by atoms with Crippen molar-refractivity contribution in [2.45, 2.75) is 32.2 Å². The first-order valence-corrected chi connectivity index (χ1v) is 11.9. The second-order valence-corrected chi connectivity index (χ2v) is 9.56. The van der Waals surface area contributed by atoms with E-state index in [4.69, 9.17) is 4.74 Å². The molecule has 0 aliphatic carbocycles. The predicted octanol–water partition coefficient (Wildman–Crippen LogP) is 4.16. The minimum Gasteiger partial charge on any atom is -0.485 e. The van der Waals surface area contributed by atoms with Crippen LogP contribution in [-0.2, 0) is 6.18 Å². The van der Waals surface area contributed by atoms with Gasteiger partial charge in [-0.1, -0.05) is 13.0 Å².